The highest BCUT2D eigenvalue weighted by Gasteiger charge is 2.38. The lowest BCUT2D eigenvalue weighted by Crippen LogP contribution is -2.58. The van der Waals surface area contributed by atoms with Gasteiger partial charge in [0.2, 0.25) is 11.8 Å². The molecule has 114 valence electrons. The normalized spacial score (nSPS) is 22.3. The predicted octanol–water partition coefficient (Wildman–Crippen LogP) is 1.50. The molecule has 2 amide bonds. The lowest BCUT2D eigenvalue weighted by atomic mass is 10.00. The number of hydrogen-bond acceptors (Lipinski definition) is 3. The first-order chi connectivity index (χ1) is 10.1. The number of carbonyl (C=O) groups is 2. The summed E-state index contributed by atoms with van der Waals surface area (Å²) in [5.41, 5.74) is 0.839. The summed E-state index contributed by atoms with van der Waals surface area (Å²) in [5.74, 6) is -0.162. The van der Waals surface area contributed by atoms with Crippen molar-refractivity contribution in [3.05, 3.63) is 35.9 Å². The Morgan fingerprint density at radius 1 is 1.24 bits per heavy atom. The lowest BCUT2D eigenvalue weighted by molar-refractivity contribution is -0.149. The molecule has 0 radical (unpaired) electrons. The van der Waals surface area contributed by atoms with Crippen LogP contribution in [-0.2, 0) is 14.3 Å². The highest BCUT2D eigenvalue weighted by molar-refractivity contribution is 5.97. The smallest absolute Gasteiger partial charge is 0.248 e. The molecule has 1 aliphatic rings. The van der Waals surface area contributed by atoms with Crippen molar-refractivity contribution < 1.29 is 14.3 Å². The van der Waals surface area contributed by atoms with Gasteiger partial charge < -0.3 is 15.0 Å². The van der Waals surface area contributed by atoms with Crippen LogP contribution >= 0.6 is 0 Å². The number of carbonyl (C=O) groups excluding carboxylic acids is 2. The average molecular weight is 290 g/mol. The fourth-order valence-corrected chi connectivity index (χ4v) is 2.56. The van der Waals surface area contributed by atoms with E-state index in [0.717, 1.165) is 12.0 Å². The summed E-state index contributed by atoms with van der Waals surface area (Å²) in [4.78, 5) is 26.4. The SMILES string of the molecule is CCOCCCN1C(=O)C(C)NC(=O)C1c1ccccc1. The molecule has 0 aliphatic carbocycles. The molecule has 0 aromatic heterocycles. The van der Waals surface area contributed by atoms with Gasteiger partial charge in [-0.15, -0.1) is 0 Å². The number of ether oxygens (including phenoxy) is 1. The molecule has 1 aromatic carbocycles. The van der Waals surface area contributed by atoms with Crippen molar-refractivity contribution in [2.24, 2.45) is 0 Å². The molecule has 2 unspecified atom stereocenters. The summed E-state index contributed by atoms with van der Waals surface area (Å²) in [5, 5.41) is 2.75. The molecule has 2 atom stereocenters. The van der Waals surface area contributed by atoms with Gasteiger partial charge in [-0.05, 0) is 25.8 Å². The maximum absolute atomic E-state index is 12.4. The second-order valence-corrected chi connectivity index (χ2v) is 5.13. The molecular formula is C16H22N2O3. The van der Waals surface area contributed by atoms with E-state index in [-0.39, 0.29) is 11.8 Å². The van der Waals surface area contributed by atoms with E-state index in [0.29, 0.717) is 19.8 Å². The van der Waals surface area contributed by atoms with Crippen molar-refractivity contribution in [1.82, 2.24) is 10.2 Å². The van der Waals surface area contributed by atoms with E-state index in [2.05, 4.69) is 5.32 Å². The van der Waals surface area contributed by atoms with Crippen molar-refractivity contribution in [3.63, 3.8) is 0 Å². The maximum atomic E-state index is 12.4. The zero-order chi connectivity index (χ0) is 15.2. The number of nitrogens with one attached hydrogen (secondary N) is 1. The molecule has 0 spiro atoms. The topological polar surface area (TPSA) is 58.6 Å². The largest absolute Gasteiger partial charge is 0.382 e. The second-order valence-electron chi connectivity index (χ2n) is 5.13. The zero-order valence-corrected chi connectivity index (χ0v) is 12.5. The first-order valence-corrected chi connectivity index (χ1v) is 7.38. The fourth-order valence-electron chi connectivity index (χ4n) is 2.56. The van der Waals surface area contributed by atoms with Crippen LogP contribution in [0.15, 0.2) is 30.3 Å². The highest BCUT2D eigenvalue weighted by Crippen LogP contribution is 2.25. The molecule has 0 bridgehead atoms. The first-order valence-electron chi connectivity index (χ1n) is 7.38. The Labute approximate surface area is 125 Å². The molecule has 5 heteroatoms. The Hall–Kier alpha value is -1.88. The van der Waals surface area contributed by atoms with Gasteiger partial charge in [-0.25, -0.2) is 0 Å². The van der Waals surface area contributed by atoms with E-state index in [1.54, 1.807) is 11.8 Å². The van der Waals surface area contributed by atoms with Gasteiger partial charge in [0.05, 0.1) is 0 Å². The minimum Gasteiger partial charge on any atom is -0.382 e. The number of hydrogen-bond donors (Lipinski definition) is 1. The Bertz CT molecular complexity index is 490. The van der Waals surface area contributed by atoms with Gasteiger partial charge in [-0.1, -0.05) is 30.3 Å². The predicted molar refractivity (Wildman–Crippen MR) is 79.6 cm³/mol. The van der Waals surface area contributed by atoms with Crippen LogP contribution in [0.1, 0.15) is 31.9 Å². The molecule has 1 aliphatic heterocycles. The molecule has 21 heavy (non-hydrogen) atoms. The zero-order valence-electron chi connectivity index (χ0n) is 12.5. The number of nitrogens with zero attached hydrogens (tertiary/aromatic N) is 1. The summed E-state index contributed by atoms with van der Waals surface area (Å²) in [6.45, 7) is 5.44. The third-order valence-corrected chi connectivity index (χ3v) is 3.58. The van der Waals surface area contributed by atoms with E-state index >= 15 is 0 Å². The Kier molecular flexibility index (Phi) is 5.33. The molecular weight excluding hydrogens is 268 g/mol. The van der Waals surface area contributed by atoms with Gasteiger partial charge >= 0.3 is 0 Å². The van der Waals surface area contributed by atoms with Crippen LogP contribution in [0.2, 0.25) is 0 Å². The summed E-state index contributed by atoms with van der Waals surface area (Å²) < 4.78 is 5.32. The van der Waals surface area contributed by atoms with Gasteiger partial charge in [-0.3, -0.25) is 9.59 Å². The third-order valence-electron chi connectivity index (χ3n) is 3.58. The van der Waals surface area contributed by atoms with Gasteiger partial charge in [-0.2, -0.15) is 0 Å². The molecule has 1 saturated heterocycles. The Morgan fingerprint density at radius 2 is 1.95 bits per heavy atom. The lowest BCUT2D eigenvalue weighted by Gasteiger charge is -2.38. The van der Waals surface area contributed by atoms with Crippen molar-refractivity contribution in [2.75, 3.05) is 19.8 Å². The van der Waals surface area contributed by atoms with Gasteiger partial charge in [0, 0.05) is 19.8 Å². The second kappa shape index (κ2) is 7.22. The quantitative estimate of drug-likeness (QED) is 0.808. The van der Waals surface area contributed by atoms with E-state index < -0.39 is 12.1 Å². The van der Waals surface area contributed by atoms with Crippen LogP contribution in [0, 0.1) is 0 Å². The van der Waals surface area contributed by atoms with Crippen LogP contribution in [0.3, 0.4) is 0 Å². The molecule has 0 saturated carbocycles. The first kappa shape index (κ1) is 15.5. The standard InChI is InChI=1S/C16H22N2O3/c1-3-21-11-7-10-18-14(13-8-5-4-6-9-13)15(19)17-12(2)16(18)20/h4-6,8-9,12,14H,3,7,10-11H2,1-2H3,(H,17,19). The van der Waals surface area contributed by atoms with Crippen molar-refractivity contribution in [1.29, 1.82) is 0 Å². The van der Waals surface area contributed by atoms with Crippen molar-refractivity contribution in [3.8, 4) is 0 Å². The van der Waals surface area contributed by atoms with Crippen LogP contribution in [-0.4, -0.2) is 42.5 Å². The fraction of sp³-hybridized carbons (Fsp3) is 0.500. The van der Waals surface area contributed by atoms with E-state index in [9.17, 15) is 9.59 Å². The summed E-state index contributed by atoms with van der Waals surface area (Å²) in [7, 11) is 0. The highest BCUT2D eigenvalue weighted by atomic mass is 16.5. The molecule has 5 nitrogen and oxygen atoms in total. The molecule has 1 heterocycles. The molecule has 1 N–H and O–H groups in total. The number of rotatable bonds is 6. The number of amides is 2. The summed E-state index contributed by atoms with van der Waals surface area (Å²) in [6.07, 6.45) is 0.725. The monoisotopic (exact) mass is 290 g/mol. The molecule has 1 aromatic rings. The minimum absolute atomic E-state index is 0.0417. The van der Waals surface area contributed by atoms with E-state index in [1.807, 2.05) is 37.3 Å². The Morgan fingerprint density at radius 3 is 2.62 bits per heavy atom. The summed E-state index contributed by atoms with van der Waals surface area (Å²) >= 11 is 0. The van der Waals surface area contributed by atoms with Crippen LogP contribution in [0.5, 0.6) is 0 Å². The van der Waals surface area contributed by atoms with Crippen molar-refractivity contribution >= 4 is 11.8 Å². The number of piperazine rings is 1. The maximum Gasteiger partial charge on any atom is 0.248 e. The molecule has 2 rings (SSSR count). The van der Waals surface area contributed by atoms with Crippen LogP contribution in [0.25, 0.3) is 0 Å². The van der Waals surface area contributed by atoms with Crippen LogP contribution < -0.4 is 5.32 Å². The van der Waals surface area contributed by atoms with Crippen molar-refractivity contribution in [2.45, 2.75) is 32.4 Å². The minimum atomic E-state index is -0.545. The van der Waals surface area contributed by atoms with Gasteiger partial charge in [0.15, 0.2) is 0 Å². The van der Waals surface area contributed by atoms with E-state index in [4.69, 9.17) is 4.74 Å². The average Bonchev–Trinajstić information content (AvgIpc) is 2.49. The number of benzene rings is 1. The summed E-state index contributed by atoms with van der Waals surface area (Å²) in [6, 6.07) is 8.40. The van der Waals surface area contributed by atoms with Crippen LogP contribution in [0.4, 0.5) is 0 Å². The van der Waals surface area contributed by atoms with Gasteiger partial charge in [0.25, 0.3) is 0 Å². The third kappa shape index (κ3) is 3.61. The van der Waals surface area contributed by atoms with E-state index in [1.165, 1.54) is 0 Å². The molecule has 1 fully saturated rings. The Balaban J connectivity index is 2.16. The van der Waals surface area contributed by atoms with Gasteiger partial charge in [0.1, 0.15) is 12.1 Å².